The van der Waals surface area contributed by atoms with Gasteiger partial charge in [0.15, 0.2) is 6.29 Å². The van der Waals surface area contributed by atoms with E-state index in [1.165, 1.54) is 0 Å². The van der Waals surface area contributed by atoms with Crippen molar-refractivity contribution in [3.63, 3.8) is 0 Å². The average Bonchev–Trinajstić information content (AvgIpc) is 2.93. The van der Waals surface area contributed by atoms with Crippen molar-refractivity contribution in [3.8, 4) is 10.6 Å². The molecular formula is C12H13BrN2OS. The molecule has 5 heteroatoms. The van der Waals surface area contributed by atoms with E-state index >= 15 is 0 Å². The van der Waals surface area contributed by atoms with Crippen LogP contribution < -0.4 is 0 Å². The lowest BCUT2D eigenvalue weighted by Gasteiger charge is -2.07. The molecule has 0 saturated heterocycles. The first-order valence-corrected chi connectivity index (χ1v) is 7.06. The highest BCUT2D eigenvalue weighted by molar-refractivity contribution is 9.11. The van der Waals surface area contributed by atoms with E-state index in [-0.39, 0.29) is 0 Å². The van der Waals surface area contributed by atoms with Gasteiger partial charge in [0.1, 0.15) is 5.69 Å². The summed E-state index contributed by atoms with van der Waals surface area (Å²) in [5.74, 6) is 0. The normalized spacial score (nSPS) is 12.6. The zero-order chi connectivity index (χ0) is 12.4. The van der Waals surface area contributed by atoms with E-state index in [9.17, 15) is 4.79 Å². The number of hydrogen-bond donors (Lipinski definition) is 0. The van der Waals surface area contributed by atoms with Gasteiger partial charge in [-0.3, -0.25) is 9.48 Å². The van der Waals surface area contributed by atoms with Crippen molar-refractivity contribution < 1.29 is 4.79 Å². The van der Waals surface area contributed by atoms with Crippen molar-refractivity contribution >= 4 is 33.6 Å². The highest BCUT2D eigenvalue weighted by Gasteiger charge is 2.14. The fourth-order valence-electron chi connectivity index (χ4n) is 1.54. The van der Waals surface area contributed by atoms with Crippen LogP contribution in [0.1, 0.15) is 36.7 Å². The van der Waals surface area contributed by atoms with Crippen LogP contribution in [0.3, 0.4) is 0 Å². The molecule has 90 valence electrons. The Labute approximate surface area is 113 Å². The third-order valence-electron chi connectivity index (χ3n) is 2.74. The molecule has 2 heterocycles. The first kappa shape index (κ1) is 12.5. The number of aromatic nitrogens is 2. The highest BCUT2D eigenvalue weighted by atomic mass is 79.9. The van der Waals surface area contributed by atoms with Gasteiger partial charge >= 0.3 is 0 Å². The molecule has 0 aliphatic carbocycles. The van der Waals surface area contributed by atoms with Gasteiger partial charge in [-0.2, -0.15) is 5.10 Å². The maximum absolute atomic E-state index is 11.1. The molecule has 17 heavy (non-hydrogen) atoms. The standard InChI is InChI=1S/C12H13BrN2OS/c1-3-8(2)15-6-9(7-16)12(14-15)10-4-5-11(13)17-10/h4-8H,3H2,1-2H3. The maximum Gasteiger partial charge on any atom is 0.153 e. The number of hydrogen-bond acceptors (Lipinski definition) is 3. The van der Waals surface area contributed by atoms with Crippen LogP contribution in [0.5, 0.6) is 0 Å². The van der Waals surface area contributed by atoms with Crippen LogP contribution in [0.4, 0.5) is 0 Å². The van der Waals surface area contributed by atoms with Gasteiger partial charge in [0.25, 0.3) is 0 Å². The van der Waals surface area contributed by atoms with Crippen molar-refractivity contribution in [2.45, 2.75) is 26.3 Å². The first-order valence-electron chi connectivity index (χ1n) is 5.45. The Morgan fingerprint density at radius 3 is 2.88 bits per heavy atom. The Morgan fingerprint density at radius 2 is 2.35 bits per heavy atom. The minimum Gasteiger partial charge on any atom is -0.298 e. The van der Waals surface area contributed by atoms with Crippen molar-refractivity contribution in [3.05, 3.63) is 27.7 Å². The molecule has 2 aromatic rings. The lowest BCUT2D eigenvalue weighted by molar-refractivity contribution is 0.112. The molecule has 2 aromatic heterocycles. The van der Waals surface area contributed by atoms with Crippen LogP contribution in [0.15, 0.2) is 22.1 Å². The van der Waals surface area contributed by atoms with E-state index in [4.69, 9.17) is 0 Å². The number of rotatable bonds is 4. The number of thiophene rings is 1. The molecule has 3 nitrogen and oxygen atoms in total. The van der Waals surface area contributed by atoms with E-state index in [1.807, 2.05) is 23.0 Å². The fraction of sp³-hybridized carbons (Fsp3) is 0.333. The first-order chi connectivity index (χ1) is 8.15. The van der Waals surface area contributed by atoms with E-state index in [2.05, 4.69) is 34.9 Å². The summed E-state index contributed by atoms with van der Waals surface area (Å²) < 4.78 is 2.91. The maximum atomic E-state index is 11.1. The Morgan fingerprint density at radius 1 is 1.59 bits per heavy atom. The van der Waals surface area contributed by atoms with Crippen LogP contribution in [0.25, 0.3) is 10.6 Å². The third-order valence-corrected chi connectivity index (χ3v) is 4.37. The molecule has 0 spiro atoms. The minimum atomic E-state index is 0.311. The Bertz CT molecular complexity index is 532. The second-order valence-electron chi connectivity index (χ2n) is 3.89. The molecule has 1 unspecified atom stereocenters. The summed E-state index contributed by atoms with van der Waals surface area (Å²) in [4.78, 5) is 12.1. The largest absolute Gasteiger partial charge is 0.298 e. The molecule has 0 aliphatic rings. The van der Waals surface area contributed by atoms with Crippen LogP contribution in [-0.4, -0.2) is 16.1 Å². The molecular weight excluding hydrogens is 300 g/mol. The van der Waals surface area contributed by atoms with Crippen LogP contribution in [0.2, 0.25) is 0 Å². The molecule has 0 amide bonds. The molecule has 0 saturated carbocycles. The van der Waals surface area contributed by atoms with Gasteiger partial charge < -0.3 is 0 Å². The lowest BCUT2D eigenvalue weighted by Crippen LogP contribution is -2.03. The van der Waals surface area contributed by atoms with Crippen LogP contribution in [-0.2, 0) is 0 Å². The van der Waals surface area contributed by atoms with Crippen molar-refractivity contribution in [1.82, 2.24) is 9.78 Å². The summed E-state index contributed by atoms with van der Waals surface area (Å²) in [5.41, 5.74) is 1.43. The number of nitrogens with zero attached hydrogens (tertiary/aromatic N) is 2. The van der Waals surface area contributed by atoms with Gasteiger partial charge in [0, 0.05) is 12.2 Å². The molecule has 0 radical (unpaired) electrons. The second-order valence-corrected chi connectivity index (χ2v) is 6.35. The SMILES string of the molecule is CCC(C)n1cc(C=O)c(-c2ccc(Br)s2)n1. The van der Waals surface area contributed by atoms with Crippen LogP contribution in [0, 0.1) is 0 Å². The van der Waals surface area contributed by atoms with Gasteiger partial charge in [-0.1, -0.05) is 6.92 Å². The van der Waals surface area contributed by atoms with Crippen molar-refractivity contribution in [2.24, 2.45) is 0 Å². The summed E-state index contributed by atoms with van der Waals surface area (Å²) in [6.07, 6.45) is 3.69. The monoisotopic (exact) mass is 312 g/mol. The van der Waals surface area contributed by atoms with Gasteiger partial charge in [-0.15, -0.1) is 11.3 Å². The smallest absolute Gasteiger partial charge is 0.153 e. The summed E-state index contributed by atoms with van der Waals surface area (Å²) in [5, 5.41) is 4.51. The number of carbonyl (C=O) groups excluding carboxylic acids is 1. The van der Waals surface area contributed by atoms with E-state index in [0.29, 0.717) is 11.6 Å². The Balaban J connectivity index is 2.46. The third kappa shape index (κ3) is 2.50. The van der Waals surface area contributed by atoms with Crippen molar-refractivity contribution in [1.29, 1.82) is 0 Å². The van der Waals surface area contributed by atoms with Crippen molar-refractivity contribution in [2.75, 3.05) is 0 Å². The van der Waals surface area contributed by atoms with Gasteiger partial charge in [0.2, 0.25) is 0 Å². The fourth-order valence-corrected chi connectivity index (χ4v) is 2.93. The summed E-state index contributed by atoms with van der Waals surface area (Å²) in [6, 6.07) is 4.26. The zero-order valence-corrected chi connectivity index (χ0v) is 12.1. The van der Waals surface area contributed by atoms with E-state index in [0.717, 1.165) is 27.1 Å². The molecule has 0 bridgehead atoms. The molecule has 0 aromatic carbocycles. The van der Waals surface area contributed by atoms with Gasteiger partial charge in [0.05, 0.1) is 14.2 Å². The number of carbonyl (C=O) groups is 1. The molecule has 0 fully saturated rings. The quantitative estimate of drug-likeness (QED) is 0.795. The Hall–Kier alpha value is -0.940. The minimum absolute atomic E-state index is 0.311. The summed E-state index contributed by atoms with van der Waals surface area (Å²) in [7, 11) is 0. The number of aldehydes is 1. The molecule has 2 rings (SSSR count). The van der Waals surface area contributed by atoms with Gasteiger partial charge in [-0.25, -0.2) is 0 Å². The average molecular weight is 313 g/mol. The topological polar surface area (TPSA) is 34.9 Å². The van der Waals surface area contributed by atoms with Crippen LogP contribution >= 0.6 is 27.3 Å². The Kier molecular flexibility index (Phi) is 3.79. The molecule has 0 N–H and O–H groups in total. The molecule has 1 atom stereocenters. The highest BCUT2D eigenvalue weighted by Crippen LogP contribution is 2.32. The predicted octanol–water partition coefficient (Wildman–Crippen LogP) is 4.16. The lowest BCUT2D eigenvalue weighted by atomic mass is 10.2. The van der Waals surface area contributed by atoms with E-state index < -0.39 is 0 Å². The van der Waals surface area contributed by atoms with E-state index in [1.54, 1.807) is 11.3 Å². The summed E-state index contributed by atoms with van der Waals surface area (Å²) >= 11 is 5.01. The second kappa shape index (κ2) is 5.14. The number of halogens is 1. The summed E-state index contributed by atoms with van der Waals surface area (Å²) in [6.45, 7) is 4.20. The predicted molar refractivity (Wildman–Crippen MR) is 73.6 cm³/mol. The zero-order valence-electron chi connectivity index (χ0n) is 9.68. The van der Waals surface area contributed by atoms with Gasteiger partial charge in [-0.05, 0) is 41.4 Å². The molecule has 0 aliphatic heterocycles.